The summed E-state index contributed by atoms with van der Waals surface area (Å²) in [5.41, 5.74) is 2.21. The van der Waals surface area contributed by atoms with Gasteiger partial charge in [-0.2, -0.15) is 0 Å². The molecule has 3 nitrogen and oxygen atoms in total. The molecule has 0 aliphatic carbocycles. The topological polar surface area (TPSA) is 49.3 Å². The van der Waals surface area contributed by atoms with E-state index < -0.39 is 0 Å². The maximum absolute atomic E-state index is 11.7. The zero-order chi connectivity index (χ0) is 12.7. The molecule has 1 rings (SSSR count). The fourth-order valence-electron chi connectivity index (χ4n) is 1.80. The number of hydrogen-bond acceptors (Lipinski definition) is 2. The molecule has 0 saturated heterocycles. The first kappa shape index (κ1) is 13.7. The van der Waals surface area contributed by atoms with E-state index in [1.807, 2.05) is 38.1 Å². The lowest BCUT2D eigenvalue weighted by atomic mass is 10.1. The molecule has 1 unspecified atom stereocenters. The maximum Gasteiger partial charge on any atom is 0.224 e. The van der Waals surface area contributed by atoms with Crippen molar-refractivity contribution in [2.75, 3.05) is 6.61 Å². The Hall–Kier alpha value is -1.35. The second kappa shape index (κ2) is 7.07. The third-order valence-electron chi connectivity index (χ3n) is 2.65. The van der Waals surface area contributed by atoms with Crippen LogP contribution in [0.2, 0.25) is 0 Å². The molecule has 17 heavy (non-hydrogen) atoms. The highest BCUT2D eigenvalue weighted by Crippen LogP contribution is 2.05. The predicted octanol–water partition coefficient (Wildman–Crippen LogP) is 1.81. The lowest BCUT2D eigenvalue weighted by Gasteiger charge is -2.13. The smallest absolute Gasteiger partial charge is 0.224 e. The zero-order valence-corrected chi connectivity index (χ0v) is 10.6. The molecule has 0 bridgehead atoms. The Morgan fingerprint density at radius 3 is 2.88 bits per heavy atom. The van der Waals surface area contributed by atoms with Gasteiger partial charge in [0.2, 0.25) is 5.91 Å². The van der Waals surface area contributed by atoms with Gasteiger partial charge in [-0.05, 0) is 32.3 Å². The number of hydrogen-bond donors (Lipinski definition) is 2. The van der Waals surface area contributed by atoms with Crippen molar-refractivity contribution >= 4 is 5.91 Å². The molecule has 0 aromatic heterocycles. The molecule has 1 aromatic rings. The van der Waals surface area contributed by atoms with E-state index in [1.54, 1.807) is 0 Å². The van der Waals surface area contributed by atoms with E-state index in [1.165, 1.54) is 5.56 Å². The molecule has 1 amide bonds. The molecule has 0 saturated carbocycles. The predicted molar refractivity (Wildman–Crippen MR) is 68.8 cm³/mol. The number of rotatable bonds is 6. The molecule has 1 aromatic carbocycles. The van der Waals surface area contributed by atoms with Crippen LogP contribution in [0.4, 0.5) is 0 Å². The van der Waals surface area contributed by atoms with E-state index in [0.29, 0.717) is 6.42 Å². The summed E-state index contributed by atoms with van der Waals surface area (Å²) in [6, 6.07) is 8.10. The Morgan fingerprint density at radius 2 is 2.24 bits per heavy atom. The summed E-state index contributed by atoms with van der Waals surface area (Å²) in [5.74, 6) is 0.0426. The van der Waals surface area contributed by atoms with E-state index in [2.05, 4.69) is 5.32 Å². The van der Waals surface area contributed by atoms with E-state index in [4.69, 9.17) is 5.11 Å². The SMILES string of the molecule is Cc1cccc(CC(=O)NC(C)CCCO)c1. The third kappa shape index (κ3) is 5.50. The fraction of sp³-hybridized carbons (Fsp3) is 0.500. The average Bonchev–Trinajstić information content (AvgIpc) is 2.26. The molecule has 0 fully saturated rings. The van der Waals surface area contributed by atoms with Crippen LogP contribution in [0.25, 0.3) is 0 Å². The van der Waals surface area contributed by atoms with E-state index in [0.717, 1.165) is 18.4 Å². The van der Waals surface area contributed by atoms with Crippen LogP contribution < -0.4 is 5.32 Å². The summed E-state index contributed by atoms with van der Waals surface area (Å²) in [7, 11) is 0. The molecule has 0 spiro atoms. The minimum atomic E-state index is 0.0426. The van der Waals surface area contributed by atoms with Gasteiger partial charge in [-0.25, -0.2) is 0 Å². The highest BCUT2D eigenvalue weighted by molar-refractivity contribution is 5.78. The monoisotopic (exact) mass is 235 g/mol. The highest BCUT2D eigenvalue weighted by Gasteiger charge is 2.07. The van der Waals surface area contributed by atoms with Gasteiger partial charge in [0.05, 0.1) is 6.42 Å². The van der Waals surface area contributed by atoms with Gasteiger partial charge >= 0.3 is 0 Å². The number of aliphatic hydroxyl groups excluding tert-OH is 1. The van der Waals surface area contributed by atoms with Crippen LogP contribution in [0.5, 0.6) is 0 Å². The number of benzene rings is 1. The molecule has 2 N–H and O–H groups in total. The van der Waals surface area contributed by atoms with Crippen LogP contribution >= 0.6 is 0 Å². The summed E-state index contributed by atoms with van der Waals surface area (Å²) in [4.78, 5) is 11.7. The van der Waals surface area contributed by atoms with Crippen LogP contribution in [0.1, 0.15) is 30.9 Å². The summed E-state index contributed by atoms with van der Waals surface area (Å²) in [6.07, 6.45) is 1.97. The van der Waals surface area contributed by atoms with Gasteiger partial charge in [0.15, 0.2) is 0 Å². The molecular formula is C14H21NO2. The van der Waals surface area contributed by atoms with Crippen molar-refractivity contribution in [3.63, 3.8) is 0 Å². The van der Waals surface area contributed by atoms with Gasteiger partial charge in [-0.1, -0.05) is 29.8 Å². The quantitative estimate of drug-likeness (QED) is 0.790. The second-order valence-corrected chi connectivity index (χ2v) is 4.50. The third-order valence-corrected chi connectivity index (χ3v) is 2.65. The van der Waals surface area contributed by atoms with Gasteiger partial charge in [0.1, 0.15) is 0 Å². The number of aryl methyl sites for hydroxylation is 1. The molecule has 0 heterocycles. The second-order valence-electron chi connectivity index (χ2n) is 4.50. The highest BCUT2D eigenvalue weighted by atomic mass is 16.2. The summed E-state index contributed by atoms with van der Waals surface area (Å²) in [5, 5.41) is 11.6. The Labute approximate surface area is 103 Å². The van der Waals surface area contributed by atoms with Crippen molar-refractivity contribution < 1.29 is 9.90 Å². The Kier molecular flexibility index (Phi) is 5.70. The summed E-state index contributed by atoms with van der Waals surface area (Å²) < 4.78 is 0. The van der Waals surface area contributed by atoms with E-state index in [9.17, 15) is 4.79 Å². The number of aliphatic hydroxyl groups is 1. The van der Waals surface area contributed by atoms with Crippen LogP contribution in [0.15, 0.2) is 24.3 Å². The fourth-order valence-corrected chi connectivity index (χ4v) is 1.80. The summed E-state index contributed by atoms with van der Waals surface area (Å²) >= 11 is 0. The first-order chi connectivity index (χ1) is 8.11. The molecule has 0 aliphatic heterocycles. The van der Waals surface area contributed by atoms with Crippen LogP contribution in [0, 0.1) is 6.92 Å². The van der Waals surface area contributed by atoms with Crippen molar-refractivity contribution in [2.24, 2.45) is 0 Å². The van der Waals surface area contributed by atoms with Crippen molar-refractivity contribution in [3.8, 4) is 0 Å². The normalized spacial score (nSPS) is 12.2. The van der Waals surface area contributed by atoms with Gasteiger partial charge < -0.3 is 10.4 Å². The minimum Gasteiger partial charge on any atom is -0.396 e. The Bertz CT molecular complexity index is 363. The van der Waals surface area contributed by atoms with Crippen LogP contribution in [-0.2, 0) is 11.2 Å². The largest absolute Gasteiger partial charge is 0.396 e. The number of nitrogens with one attached hydrogen (secondary N) is 1. The minimum absolute atomic E-state index is 0.0426. The lowest BCUT2D eigenvalue weighted by molar-refractivity contribution is -0.121. The lowest BCUT2D eigenvalue weighted by Crippen LogP contribution is -2.33. The van der Waals surface area contributed by atoms with Crippen molar-refractivity contribution in [3.05, 3.63) is 35.4 Å². The molecule has 0 radical (unpaired) electrons. The average molecular weight is 235 g/mol. The van der Waals surface area contributed by atoms with E-state index in [-0.39, 0.29) is 18.6 Å². The molecular weight excluding hydrogens is 214 g/mol. The Balaban J connectivity index is 2.39. The first-order valence-corrected chi connectivity index (χ1v) is 6.07. The number of carbonyl (C=O) groups is 1. The number of amides is 1. The van der Waals surface area contributed by atoms with Crippen molar-refractivity contribution in [1.82, 2.24) is 5.32 Å². The van der Waals surface area contributed by atoms with E-state index >= 15 is 0 Å². The van der Waals surface area contributed by atoms with Gasteiger partial charge in [-0.3, -0.25) is 4.79 Å². The zero-order valence-electron chi connectivity index (χ0n) is 10.6. The van der Waals surface area contributed by atoms with Gasteiger partial charge in [-0.15, -0.1) is 0 Å². The summed E-state index contributed by atoms with van der Waals surface area (Å²) in [6.45, 7) is 4.16. The molecule has 94 valence electrons. The van der Waals surface area contributed by atoms with Crippen molar-refractivity contribution in [1.29, 1.82) is 0 Å². The standard InChI is InChI=1S/C14H21NO2/c1-11-5-3-7-13(9-11)10-14(17)15-12(2)6-4-8-16/h3,5,7,9,12,16H,4,6,8,10H2,1-2H3,(H,15,17). The first-order valence-electron chi connectivity index (χ1n) is 6.07. The van der Waals surface area contributed by atoms with Gasteiger partial charge in [0, 0.05) is 12.6 Å². The van der Waals surface area contributed by atoms with Crippen molar-refractivity contribution in [2.45, 2.75) is 39.2 Å². The molecule has 0 aliphatic rings. The van der Waals surface area contributed by atoms with Gasteiger partial charge in [0.25, 0.3) is 0 Å². The Morgan fingerprint density at radius 1 is 1.47 bits per heavy atom. The maximum atomic E-state index is 11.7. The molecule has 3 heteroatoms. The molecule has 1 atom stereocenters. The van der Waals surface area contributed by atoms with Crippen LogP contribution in [0.3, 0.4) is 0 Å². The van der Waals surface area contributed by atoms with Crippen LogP contribution in [-0.4, -0.2) is 23.7 Å². The number of carbonyl (C=O) groups excluding carboxylic acids is 1.